The van der Waals surface area contributed by atoms with E-state index in [-0.39, 0.29) is 0 Å². The predicted molar refractivity (Wildman–Crippen MR) is 80.0 cm³/mol. The summed E-state index contributed by atoms with van der Waals surface area (Å²) < 4.78 is 1.97. The van der Waals surface area contributed by atoms with E-state index in [1.165, 1.54) is 24.1 Å². The van der Waals surface area contributed by atoms with Crippen molar-refractivity contribution in [2.24, 2.45) is 0 Å². The van der Waals surface area contributed by atoms with Crippen LogP contribution >= 0.6 is 0 Å². The van der Waals surface area contributed by atoms with Crippen LogP contribution in [0.25, 0.3) is 5.82 Å². The van der Waals surface area contributed by atoms with E-state index in [2.05, 4.69) is 47.4 Å². The molecule has 0 aromatic carbocycles. The Labute approximate surface area is 120 Å². The van der Waals surface area contributed by atoms with Gasteiger partial charge in [0, 0.05) is 24.5 Å². The van der Waals surface area contributed by atoms with Crippen molar-refractivity contribution in [3.8, 4) is 5.82 Å². The van der Waals surface area contributed by atoms with E-state index in [1.54, 1.807) is 0 Å². The molecule has 0 amide bonds. The molecule has 0 unspecified atom stereocenters. The Bertz CT molecular complexity index is 567. The van der Waals surface area contributed by atoms with Gasteiger partial charge in [0.15, 0.2) is 5.82 Å². The number of aryl methyl sites for hydroxylation is 2. The highest BCUT2D eigenvalue weighted by atomic mass is 15.3. The molecule has 0 bridgehead atoms. The summed E-state index contributed by atoms with van der Waals surface area (Å²) in [5.41, 5.74) is 3.59. The van der Waals surface area contributed by atoms with Crippen molar-refractivity contribution in [1.29, 1.82) is 0 Å². The molecule has 2 aromatic heterocycles. The van der Waals surface area contributed by atoms with Gasteiger partial charge in [0.05, 0.1) is 5.69 Å². The van der Waals surface area contributed by atoms with Crippen LogP contribution in [0.4, 0.5) is 0 Å². The number of hydrogen-bond acceptors (Lipinski definition) is 3. The van der Waals surface area contributed by atoms with Gasteiger partial charge in [-0.1, -0.05) is 19.9 Å². The molecule has 2 aromatic rings. The number of hydrogen-bond donors (Lipinski definition) is 1. The topological polar surface area (TPSA) is 42.7 Å². The summed E-state index contributed by atoms with van der Waals surface area (Å²) in [5, 5.41) is 8.13. The zero-order chi connectivity index (χ0) is 13.9. The summed E-state index contributed by atoms with van der Waals surface area (Å²) in [6, 6.07) is 7.11. The van der Waals surface area contributed by atoms with Crippen LogP contribution in [0.5, 0.6) is 0 Å². The molecule has 1 saturated carbocycles. The third kappa shape index (κ3) is 2.90. The molecule has 106 valence electrons. The van der Waals surface area contributed by atoms with Gasteiger partial charge in [-0.25, -0.2) is 9.67 Å². The van der Waals surface area contributed by atoms with Crippen LogP contribution in [0.15, 0.2) is 24.4 Å². The first kappa shape index (κ1) is 13.3. The van der Waals surface area contributed by atoms with E-state index in [0.29, 0.717) is 0 Å². The molecule has 4 heteroatoms. The Morgan fingerprint density at radius 2 is 2.10 bits per heavy atom. The first-order chi connectivity index (χ1) is 9.80. The zero-order valence-corrected chi connectivity index (χ0v) is 12.3. The van der Waals surface area contributed by atoms with E-state index in [1.807, 2.05) is 10.9 Å². The van der Waals surface area contributed by atoms with E-state index < -0.39 is 0 Å². The van der Waals surface area contributed by atoms with E-state index in [9.17, 15) is 0 Å². The lowest BCUT2D eigenvalue weighted by Gasteiger charge is -2.07. The number of nitrogens with zero attached hydrogens (tertiary/aromatic N) is 3. The largest absolute Gasteiger partial charge is 0.310 e. The molecule has 2 heterocycles. The fourth-order valence-electron chi connectivity index (χ4n) is 2.29. The zero-order valence-electron chi connectivity index (χ0n) is 12.3. The van der Waals surface area contributed by atoms with Gasteiger partial charge >= 0.3 is 0 Å². The Hall–Kier alpha value is -1.68. The third-order valence-corrected chi connectivity index (χ3v) is 3.76. The number of rotatable bonds is 6. The van der Waals surface area contributed by atoms with Crippen molar-refractivity contribution in [1.82, 2.24) is 20.1 Å². The van der Waals surface area contributed by atoms with Crippen molar-refractivity contribution in [2.75, 3.05) is 0 Å². The average Bonchev–Trinajstić information content (AvgIpc) is 3.23. The van der Waals surface area contributed by atoms with Crippen molar-refractivity contribution >= 4 is 0 Å². The van der Waals surface area contributed by atoms with E-state index >= 15 is 0 Å². The first-order valence-corrected chi connectivity index (χ1v) is 7.56. The van der Waals surface area contributed by atoms with Crippen LogP contribution in [0.3, 0.4) is 0 Å². The van der Waals surface area contributed by atoms with Crippen LogP contribution in [0.2, 0.25) is 0 Å². The van der Waals surface area contributed by atoms with Gasteiger partial charge in [-0.15, -0.1) is 0 Å². The second kappa shape index (κ2) is 5.75. The molecule has 1 aliphatic carbocycles. The quantitative estimate of drug-likeness (QED) is 0.877. The molecule has 1 N–H and O–H groups in total. The number of pyridine rings is 1. The summed E-state index contributed by atoms with van der Waals surface area (Å²) in [7, 11) is 0. The van der Waals surface area contributed by atoms with Crippen molar-refractivity contribution < 1.29 is 0 Å². The Morgan fingerprint density at radius 3 is 2.70 bits per heavy atom. The molecule has 1 aliphatic rings. The lowest BCUT2D eigenvalue weighted by molar-refractivity contribution is 0.684. The van der Waals surface area contributed by atoms with Crippen molar-refractivity contribution in [2.45, 2.75) is 52.1 Å². The highest BCUT2D eigenvalue weighted by molar-refractivity contribution is 5.28. The Kier molecular flexibility index (Phi) is 3.83. The van der Waals surface area contributed by atoms with Gasteiger partial charge in [0.1, 0.15) is 0 Å². The van der Waals surface area contributed by atoms with Gasteiger partial charge in [-0.3, -0.25) is 0 Å². The minimum atomic E-state index is 0.736. The van der Waals surface area contributed by atoms with Crippen molar-refractivity contribution in [3.05, 3.63) is 41.3 Å². The molecule has 3 rings (SSSR count). The molecular formula is C16H22N4. The number of aromatic nitrogens is 3. The van der Waals surface area contributed by atoms with Crippen LogP contribution in [0.1, 0.15) is 43.6 Å². The fourth-order valence-corrected chi connectivity index (χ4v) is 2.29. The fraction of sp³-hybridized carbons (Fsp3) is 0.500. The highest BCUT2D eigenvalue weighted by Gasteiger charge is 2.19. The smallest absolute Gasteiger partial charge is 0.153 e. The third-order valence-electron chi connectivity index (χ3n) is 3.76. The summed E-state index contributed by atoms with van der Waals surface area (Å²) in [6.45, 7) is 5.20. The minimum Gasteiger partial charge on any atom is -0.310 e. The van der Waals surface area contributed by atoms with Gasteiger partial charge in [-0.05, 0) is 43.4 Å². The van der Waals surface area contributed by atoms with E-state index in [4.69, 9.17) is 0 Å². The van der Waals surface area contributed by atoms with Gasteiger partial charge in [0.25, 0.3) is 0 Å². The lowest BCUT2D eigenvalue weighted by Crippen LogP contribution is -2.15. The lowest BCUT2D eigenvalue weighted by atomic mass is 10.2. The molecule has 20 heavy (non-hydrogen) atoms. The summed E-state index contributed by atoms with van der Waals surface area (Å²) in [5.74, 6) is 0.914. The molecule has 0 aliphatic heterocycles. The van der Waals surface area contributed by atoms with Gasteiger partial charge in [-0.2, -0.15) is 5.10 Å². The second-order valence-corrected chi connectivity index (χ2v) is 5.43. The number of nitrogens with one attached hydrogen (secondary N) is 1. The highest BCUT2D eigenvalue weighted by Crippen LogP contribution is 2.19. The standard InChI is InChI=1S/C16H22N4/c1-3-13-9-15(4-2)20(19-13)16-8-5-12(11-18-16)10-17-14-6-7-14/h5,8-9,11,14,17H,3-4,6-7,10H2,1-2H3. The molecule has 0 radical (unpaired) electrons. The van der Waals surface area contributed by atoms with Crippen LogP contribution in [0, 0.1) is 0 Å². The first-order valence-electron chi connectivity index (χ1n) is 7.56. The maximum Gasteiger partial charge on any atom is 0.153 e. The SMILES string of the molecule is CCc1cc(CC)n(-c2ccc(CNC3CC3)cn2)n1. The van der Waals surface area contributed by atoms with Gasteiger partial charge in [0.2, 0.25) is 0 Å². The molecule has 4 nitrogen and oxygen atoms in total. The monoisotopic (exact) mass is 270 g/mol. The van der Waals surface area contributed by atoms with E-state index in [0.717, 1.165) is 36.9 Å². The van der Waals surface area contributed by atoms with Crippen LogP contribution in [-0.2, 0) is 19.4 Å². The summed E-state index contributed by atoms with van der Waals surface area (Å²) in [4.78, 5) is 4.56. The summed E-state index contributed by atoms with van der Waals surface area (Å²) in [6.07, 6.45) is 6.53. The molecule has 0 atom stereocenters. The molecular weight excluding hydrogens is 248 g/mol. The molecule has 0 spiro atoms. The predicted octanol–water partition coefficient (Wildman–Crippen LogP) is 2.64. The summed E-state index contributed by atoms with van der Waals surface area (Å²) >= 11 is 0. The molecule has 1 fully saturated rings. The second-order valence-electron chi connectivity index (χ2n) is 5.43. The van der Waals surface area contributed by atoms with Crippen LogP contribution in [-0.4, -0.2) is 20.8 Å². The average molecular weight is 270 g/mol. The normalized spacial score (nSPS) is 14.7. The Balaban J connectivity index is 1.77. The van der Waals surface area contributed by atoms with Gasteiger partial charge < -0.3 is 5.32 Å². The van der Waals surface area contributed by atoms with Crippen LogP contribution < -0.4 is 5.32 Å². The maximum atomic E-state index is 4.62. The minimum absolute atomic E-state index is 0.736. The molecule has 0 saturated heterocycles. The Morgan fingerprint density at radius 1 is 1.25 bits per heavy atom. The van der Waals surface area contributed by atoms with Crippen molar-refractivity contribution in [3.63, 3.8) is 0 Å². The maximum absolute atomic E-state index is 4.62.